The van der Waals surface area contributed by atoms with Crippen LogP contribution in [-0.4, -0.2) is 64.7 Å². The fraction of sp³-hybridized carbons (Fsp3) is 0.667. The Bertz CT molecular complexity index is 477. The maximum atomic E-state index is 11.2. The number of carboxylic acid groups (broad SMARTS) is 1. The van der Waals surface area contributed by atoms with E-state index in [-0.39, 0.29) is 0 Å². The normalized spacial score (nSPS) is 31.0. The van der Waals surface area contributed by atoms with Crippen LogP contribution in [-0.2, 0) is 33.4 Å². The molecule has 22 heavy (non-hydrogen) atoms. The molecule has 0 aromatic rings. The van der Waals surface area contributed by atoms with Crippen molar-refractivity contribution in [2.24, 2.45) is 0 Å². The van der Waals surface area contributed by atoms with Crippen LogP contribution in [0.5, 0.6) is 0 Å². The third kappa shape index (κ3) is 4.40. The third-order valence-electron chi connectivity index (χ3n) is 2.79. The maximum Gasteiger partial charge on any atom is 0.337 e. The summed E-state index contributed by atoms with van der Waals surface area (Å²) in [5.74, 6) is -3.76. The summed E-state index contributed by atoms with van der Waals surface area (Å²) in [6.45, 7) is 3.22. The Morgan fingerprint density at radius 1 is 1.00 bits per heavy atom. The molecule has 1 amide bonds. The number of esters is 2. The van der Waals surface area contributed by atoms with Gasteiger partial charge in [0.25, 0.3) is 0 Å². The molecule has 1 rings (SSSR count). The van der Waals surface area contributed by atoms with E-state index < -0.39 is 54.5 Å². The minimum atomic E-state index is -1.76. The number of carboxylic acids is 1. The molecule has 0 bridgehead atoms. The highest BCUT2D eigenvalue weighted by Gasteiger charge is 2.52. The number of aliphatic carboxylic acids is 1. The van der Waals surface area contributed by atoms with E-state index in [1.807, 2.05) is 0 Å². The van der Waals surface area contributed by atoms with Crippen LogP contribution in [0.2, 0.25) is 0 Å². The van der Waals surface area contributed by atoms with Crippen molar-refractivity contribution in [3.63, 3.8) is 0 Å². The van der Waals surface area contributed by atoms with E-state index in [1.54, 1.807) is 0 Å². The fourth-order valence-electron chi connectivity index (χ4n) is 2.09. The monoisotopic (exact) mass is 319 g/mol. The van der Waals surface area contributed by atoms with Gasteiger partial charge in [0.05, 0.1) is 0 Å². The van der Waals surface area contributed by atoms with Crippen LogP contribution >= 0.6 is 0 Å². The molecule has 1 heterocycles. The number of carbonyl (C=O) groups excluding carboxylic acids is 3. The van der Waals surface area contributed by atoms with Gasteiger partial charge in [-0.15, -0.1) is 0 Å². The van der Waals surface area contributed by atoms with E-state index in [1.165, 1.54) is 0 Å². The number of ether oxygens (including phenoxy) is 3. The lowest BCUT2D eigenvalue weighted by Gasteiger charge is -2.42. The number of rotatable bonds is 4. The summed E-state index contributed by atoms with van der Waals surface area (Å²) < 4.78 is 14.6. The zero-order valence-corrected chi connectivity index (χ0v) is 12.1. The summed E-state index contributed by atoms with van der Waals surface area (Å²) >= 11 is 0. The van der Waals surface area contributed by atoms with Crippen LogP contribution in [0.25, 0.3) is 0 Å². The number of hydrogen-bond acceptors (Lipinski definition) is 8. The Hall–Kier alpha value is -2.20. The zero-order valence-electron chi connectivity index (χ0n) is 12.1. The highest BCUT2D eigenvalue weighted by molar-refractivity contribution is 5.76. The summed E-state index contributed by atoms with van der Waals surface area (Å²) in [6.07, 6.45) is -6.47. The SMILES string of the molecule is CC(=O)N[C@H]1[C@H](OC(C)=O)[C@@H](OC(C)=O)[C@@H](C(=O)O)O[C@H]1O. The Balaban J connectivity index is 3.18. The van der Waals surface area contributed by atoms with E-state index in [0.29, 0.717) is 0 Å². The Labute approximate surface area is 125 Å². The first kappa shape index (κ1) is 17.9. The standard InChI is InChI=1S/C12H17NO9/c1-4(14)13-7-8(20-5(2)15)9(21-6(3)16)10(11(17)18)22-12(7)19/h7-10,12,19H,1-3H3,(H,13,14)(H,17,18)/t7-,8-,9+,10-,12+/m0/s1. The molecule has 0 saturated carbocycles. The first-order chi connectivity index (χ1) is 10.1. The smallest absolute Gasteiger partial charge is 0.337 e. The largest absolute Gasteiger partial charge is 0.479 e. The molecular formula is C12H17NO9. The van der Waals surface area contributed by atoms with Gasteiger partial charge in [-0.3, -0.25) is 14.4 Å². The second-order valence-electron chi connectivity index (χ2n) is 4.66. The molecule has 1 fully saturated rings. The predicted octanol–water partition coefficient (Wildman–Crippen LogP) is -1.84. The van der Waals surface area contributed by atoms with Crippen molar-refractivity contribution in [1.82, 2.24) is 5.32 Å². The molecule has 10 nitrogen and oxygen atoms in total. The van der Waals surface area contributed by atoms with E-state index in [9.17, 15) is 24.3 Å². The van der Waals surface area contributed by atoms with Crippen LogP contribution < -0.4 is 5.32 Å². The van der Waals surface area contributed by atoms with Crippen molar-refractivity contribution in [3.8, 4) is 0 Å². The number of nitrogens with one attached hydrogen (secondary N) is 1. The van der Waals surface area contributed by atoms with Gasteiger partial charge in [0, 0.05) is 20.8 Å². The quantitative estimate of drug-likeness (QED) is 0.508. The molecule has 0 aromatic heterocycles. The zero-order chi connectivity index (χ0) is 17.0. The van der Waals surface area contributed by atoms with E-state index in [4.69, 9.17) is 19.3 Å². The van der Waals surface area contributed by atoms with Crippen molar-refractivity contribution in [2.45, 2.75) is 51.4 Å². The van der Waals surface area contributed by atoms with Gasteiger partial charge < -0.3 is 29.7 Å². The summed E-state index contributed by atoms with van der Waals surface area (Å²) in [7, 11) is 0. The lowest BCUT2D eigenvalue weighted by molar-refractivity contribution is -0.258. The molecule has 124 valence electrons. The van der Waals surface area contributed by atoms with Gasteiger partial charge >= 0.3 is 17.9 Å². The van der Waals surface area contributed by atoms with Crippen molar-refractivity contribution in [3.05, 3.63) is 0 Å². The van der Waals surface area contributed by atoms with Gasteiger partial charge in [0.1, 0.15) is 6.04 Å². The molecule has 1 aliphatic rings. The molecule has 0 spiro atoms. The summed E-state index contributed by atoms with van der Waals surface area (Å²) in [4.78, 5) is 44.8. The first-order valence-electron chi connectivity index (χ1n) is 6.31. The van der Waals surface area contributed by atoms with Gasteiger partial charge in [-0.2, -0.15) is 0 Å². The molecule has 0 radical (unpaired) electrons. The third-order valence-corrected chi connectivity index (χ3v) is 2.79. The molecule has 0 unspecified atom stereocenters. The van der Waals surface area contributed by atoms with Crippen LogP contribution in [0.3, 0.4) is 0 Å². The Morgan fingerprint density at radius 3 is 1.91 bits per heavy atom. The van der Waals surface area contributed by atoms with Gasteiger partial charge in [-0.25, -0.2) is 4.79 Å². The van der Waals surface area contributed by atoms with Crippen molar-refractivity contribution < 1.29 is 43.6 Å². The molecule has 3 N–H and O–H groups in total. The number of aliphatic hydroxyl groups excluding tert-OH is 1. The van der Waals surface area contributed by atoms with Gasteiger partial charge in [0.15, 0.2) is 24.6 Å². The molecule has 1 saturated heterocycles. The summed E-state index contributed by atoms with van der Waals surface area (Å²) in [6, 6.07) is -1.29. The average molecular weight is 319 g/mol. The number of amides is 1. The van der Waals surface area contributed by atoms with Gasteiger partial charge in [-0.1, -0.05) is 0 Å². The summed E-state index contributed by atoms with van der Waals surface area (Å²) in [5.41, 5.74) is 0. The molecule has 1 aliphatic heterocycles. The lowest BCUT2D eigenvalue weighted by Crippen LogP contribution is -2.66. The topological polar surface area (TPSA) is 148 Å². The van der Waals surface area contributed by atoms with Crippen molar-refractivity contribution in [1.29, 1.82) is 0 Å². The van der Waals surface area contributed by atoms with Gasteiger partial charge in [0.2, 0.25) is 5.91 Å². The van der Waals surface area contributed by atoms with Crippen molar-refractivity contribution in [2.75, 3.05) is 0 Å². The molecule has 0 aliphatic carbocycles. The Morgan fingerprint density at radius 2 is 1.50 bits per heavy atom. The molecular weight excluding hydrogens is 302 g/mol. The molecule has 5 atom stereocenters. The van der Waals surface area contributed by atoms with E-state index >= 15 is 0 Å². The van der Waals surface area contributed by atoms with Gasteiger partial charge in [-0.05, 0) is 0 Å². The van der Waals surface area contributed by atoms with Crippen LogP contribution in [0, 0.1) is 0 Å². The molecule has 10 heteroatoms. The second-order valence-corrected chi connectivity index (χ2v) is 4.66. The minimum Gasteiger partial charge on any atom is -0.479 e. The number of aliphatic hydroxyl groups is 1. The molecule has 0 aromatic carbocycles. The minimum absolute atomic E-state index is 0.583. The first-order valence-corrected chi connectivity index (χ1v) is 6.31. The number of carbonyl (C=O) groups is 4. The van der Waals surface area contributed by atoms with E-state index in [0.717, 1.165) is 20.8 Å². The van der Waals surface area contributed by atoms with Crippen LogP contribution in [0.4, 0.5) is 0 Å². The second kappa shape index (κ2) is 7.18. The highest BCUT2D eigenvalue weighted by Crippen LogP contribution is 2.25. The van der Waals surface area contributed by atoms with E-state index in [2.05, 4.69) is 5.32 Å². The average Bonchev–Trinajstić information content (AvgIpc) is 2.34. The summed E-state index contributed by atoms with van der Waals surface area (Å²) in [5, 5.41) is 21.2. The predicted molar refractivity (Wildman–Crippen MR) is 67.2 cm³/mol. The maximum absolute atomic E-state index is 11.2. The Kier molecular flexibility index (Phi) is 5.83. The van der Waals surface area contributed by atoms with Crippen molar-refractivity contribution >= 4 is 23.8 Å². The highest BCUT2D eigenvalue weighted by atomic mass is 16.7. The number of hydrogen-bond donors (Lipinski definition) is 3. The van der Waals surface area contributed by atoms with Crippen LogP contribution in [0.1, 0.15) is 20.8 Å². The lowest BCUT2D eigenvalue weighted by atomic mass is 9.96. The fourth-order valence-corrected chi connectivity index (χ4v) is 2.09. The van der Waals surface area contributed by atoms with Crippen LogP contribution in [0.15, 0.2) is 0 Å².